The first-order valence-corrected chi connectivity index (χ1v) is 9.03. The number of aryl methyl sites for hydroxylation is 2. The van der Waals surface area contributed by atoms with Gasteiger partial charge in [-0.2, -0.15) is 10.2 Å². The molecule has 4 rings (SSSR count). The third kappa shape index (κ3) is 3.14. The van der Waals surface area contributed by atoms with E-state index in [1.807, 2.05) is 66.2 Å². The van der Waals surface area contributed by atoms with Crippen LogP contribution in [0.1, 0.15) is 40.5 Å². The number of rotatable bonds is 3. The van der Waals surface area contributed by atoms with Crippen molar-refractivity contribution in [2.75, 3.05) is 13.1 Å². The molecule has 134 valence electrons. The van der Waals surface area contributed by atoms with Crippen LogP contribution in [-0.2, 0) is 0 Å². The molecule has 1 aliphatic heterocycles. The molecule has 0 aliphatic carbocycles. The molecule has 1 fully saturated rings. The zero-order chi connectivity index (χ0) is 18.1. The van der Waals surface area contributed by atoms with Gasteiger partial charge in [0.1, 0.15) is 5.69 Å². The Hall–Kier alpha value is -2.89. The number of carbonyl (C=O) groups is 1. The minimum Gasteiger partial charge on any atom is -0.335 e. The molecule has 0 saturated carbocycles. The predicted octanol–water partition coefficient (Wildman–Crippen LogP) is 3.37. The van der Waals surface area contributed by atoms with Crippen LogP contribution in [0.4, 0.5) is 0 Å². The Morgan fingerprint density at radius 1 is 1.27 bits per heavy atom. The van der Waals surface area contributed by atoms with Gasteiger partial charge in [-0.05, 0) is 43.9 Å². The van der Waals surface area contributed by atoms with Gasteiger partial charge < -0.3 is 4.90 Å². The number of nitrogens with zero attached hydrogens (tertiary/aromatic N) is 4. The van der Waals surface area contributed by atoms with Crippen molar-refractivity contribution in [3.8, 4) is 11.3 Å². The van der Waals surface area contributed by atoms with E-state index >= 15 is 0 Å². The molecular formula is C20H23N5O. The van der Waals surface area contributed by atoms with Crippen molar-refractivity contribution < 1.29 is 4.79 Å². The molecule has 2 aromatic heterocycles. The third-order valence-corrected chi connectivity index (χ3v) is 5.02. The lowest BCUT2D eigenvalue weighted by molar-refractivity contribution is 0.0667. The van der Waals surface area contributed by atoms with Crippen molar-refractivity contribution >= 4 is 5.91 Å². The number of likely N-dealkylation sites (tertiary alicyclic amines) is 1. The lowest BCUT2D eigenvalue weighted by Crippen LogP contribution is -2.41. The maximum Gasteiger partial charge on any atom is 0.271 e. The molecule has 26 heavy (non-hydrogen) atoms. The molecule has 3 aromatic rings. The van der Waals surface area contributed by atoms with Crippen LogP contribution in [0.25, 0.3) is 11.3 Å². The Kier molecular flexibility index (Phi) is 4.32. The third-order valence-electron chi connectivity index (χ3n) is 5.02. The molecule has 1 amide bonds. The normalized spacial score (nSPS) is 17.5. The van der Waals surface area contributed by atoms with Crippen molar-refractivity contribution in [2.24, 2.45) is 0 Å². The number of carbonyl (C=O) groups excluding carboxylic acids is 1. The number of H-pyrrole nitrogens is 1. The lowest BCUT2D eigenvalue weighted by Gasteiger charge is -2.32. The highest BCUT2D eigenvalue weighted by Gasteiger charge is 2.27. The average Bonchev–Trinajstić information content (AvgIpc) is 3.31. The summed E-state index contributed by atoms with van der Waals surface area (Å²) in [7, 11) is 0. The van der Waals surface area contributed by atoms with Crippen molar-refractivity contribution in [3.05, 3.63) is 59.5 Å². The van der Waals surface area contributed by atoms with Crippen LogP contribution in [0.15, 0.2) is 42.7 Å². The number of aromatic amines is 1. The molecule has 6 nitrogen and oxygen atoms in total. The van der Waals surface area contributed by atoms with Gasteiger partial charge in [-0.25, -0.2) is 0 Å². The number of nitrogens with one attached hydrogen (secondary N) is 1. The standard InChI is InChI=1S/C20H23N5O/c1-14-11-21-25(12-14)16-7-5-9-24(13-16)20(26)19-10-18(22-23-19)17-8-4-3-6-15(17)2/h3-4,6,8,10-12,16H,5,7,9,13H2,1-2H3,(H,22,23)/t16-/m0/s1. The summed E-state index contributed by atoms with van der Waals surface area (Å²) in [6.07, 6.45) is 5.94. The molecule has 1 saturated heterocycles. The largest absolute Gasteiger partial charge is 0.335 e. The maximum atomic E-state index is 12.9. The van der Waals surface area contributed by atoms with Gasteiger partial charge in [0.2, 0.25) is 0 Å². The monoisotopic (exact) mass is 349 g/mol. The molecule has 0 spiro atoms. The minimum absolute atomic E-state index is 0.00547. The molecule has 1 N–H and O–H groups in total. The van der Waals surface area contributed by atoms with Gasteiger partial charge in [-0.15, -0.1) is 0 Å². The van der Waals surface area contributed by atoms with Crippen molar-refractivity contribution in [3.63, 3.8) is 0 Å². The quantitative estimate of drug-likeness (QED) is 0.788. The summed E-state index contributed by atoms with van der Waals surface area (Å²) in [5.74, 6) is 0.00547. The van der Waals surface area contributed by atoms with Crippen LogP contribution >= 0.6 is 0 Å². The van der Waals surface area contributed by atoms with Gasteiger partial charge in [0, 0.05) is 24.8 Å². The first-order chi connectivity index (χ1) is 12.6. The van der Waals surface area contributed by atoms with Crippen LogP contribution in [0.2, 0.25) is 0 Å². The fraction of sp³-hybridized carbons (Fsp3) is 0.350. The Morgan fingerprint density at radius 3 is 2.88 bits per heavy atom. The van der Waals surface area contributed by atoms with Gasteiger partial charge >= 0.3 is 0 Å². The first-order valence-electron chi connectivity index (χ1n) is 9.03. The number of amides is 1. The summed E-state index contributed by atoms with van der Waals surface area (Å²) >= 11 is 0. The Morgan fingerprint density at radius 2 is 2.12 bits per heavy atom. The van der Waals surface area contributed by atoms with Crippen molar-refractivity contribution in [1.29, 1.82) is 0 Å². The fourth-order valence-corrected chi connectivity index (χ4v) is 3.59. The van der Waals surface area contributed by atoms with E-state index in [0.717, 1.165) is 41.8 Å². The zero-order valence-electron chi connectivity index (χ0n) is 15.1. The number of hydrogen-bond acceptors (Lipinski definition) is 3. The summed E-state index contributed by atoms with van der Waals surface area (Å²) in [6, 6.07) is 10.2. The number of hydrogen-bond donors (Lipinski definition) is 1. The second-order valence-electron chi connectivity index (χ2n) is 7.03. The fourth-order valence-electron chi connectivity index (χ4n) is 3.59. The van der Waals surface area contributed by atoms with E-state index in [4.69, 9.17) is 0 Å². The SMILES string of the molecule is Cc1cnn([C@H]2CCCN(C(=O)c3cc(-c4ccccc4C)n[nH]3)C2)c1. The van der Waals surface area contributed by atoms with Crippen molar-refractivity contribution in [1.82, 2.24) is 24.9 Å². The average molecular weight is 349 g/mol. The Labute approximate surface area is 152 Å². The Bertz CT molecular complexity index is 926. The molecule has 1 aromatic carbocycles. The molecule has 1 atom stereocenters. The van der Waals surface area contributed by atoms with E-state index in [2.05, 4.69) is 15.3 Å². The molecule has 1 aliphatic rings. The molecule has 3 heterocycles. The second kappa shape index (κ2) is 6.78. The van der Waals surface area contributed by atoms with Gasteiger partial charge in [0.05, 0.1) is 17.9 Å². The van der Waals surface area contributed by atoms with E-state index in [0.29, 0.717) is 12.2 Å². The van der Waals surface area contributed by atoms with E-state index in [-0.39, 0.29) is 11.9 Å². The van der Waals surface area contributed by atoms with E-state index < -0.39 is 0 Å². The molecule has 0 radical (unpaired) electrons. The van der Waals surface area contributed by atoms with Gasteiger partial charge in [-0.1, -0.05) is 24.3 Å². The number of aromatic nitrogens is 4. The van der Waals surface area contributed by atoms with Gasteiger partial charge in [0.15, 0.2) is 0 Å². The number of piperidine rings is 1. The summed E-state index contributed by atoms with van der Waals surface area (Å²) in [6.45, 7) is 5.53. The van der Waals surface area contributed by atoms with Crippen molar-refractivity contribution in [2.45, 2.75) is 32.7 Å². The van der Waals surface area contributed by atoms with Gasteiger partial charge in [0.25, 0.3) is 5.91 Å². The molecule has 6 heteroatoms. The van der Waals surface area contributed by atoms with Crippen LogP contribution in [-0.4, -0.2) is 43.9 Å². The second-order valence-corrected chi connectivity index (χ2v) is 7.03. The van der Waals surface area contributed by atoms with E-state index in [1.165, 1.54) is 0 Å². The smallest absolute Gasteiger partial charge is 0.271 e. The summed E-state index contributed by atoms with van der Waals surface area (Å²) < 4.78 is 1.99. The number of benzene rings is 1. The van der Waals surface area contributed by atoms with Crippen LogP contribution in [0.3, 0.4) is 0 Å². The summed E-state index contributed by atoms with van der Waals surface area (Å²) in [5, 5.41) is 11.7. The first kappa shape index (κ1) is 16.6. The molecule has 0 unspecified atom stereocenters. The van der Waals surface area contributed by atoms with Crippen LogP contribution in [0, 0.1) is 13.8 Å². The lowest BCUT2D eigenvalue weighted by atomic mass is 10.0. The highest BCUT2D eigenvalue weighted by Crippen LogP contribution is 2.25. The van der Waals surface area contributed by atoms with E-state index in [1.54, 1.807) is 0 Å². The Balaban J connectivity index is 1.52. The molecule has 0 bridgehead atoms. The molecular weight excluding hydrogens is 326 g/mol. The van der Waals surface area contributed by atoms with Crippen LogP contribution in [0.5, 0.6) is 0 Å². The van der Waals surface area contributed by atoms with E-state index in [9.17, 15) is 4.79 Å². The minimum atomic E-state index is 0.00547. The highest BCUT2D eigenvalue weighted by molar-refractivity contribution is 5.93. The van der Waals surface area contributed by atoms with Crippen LogP contribution < -0.4 is 0 Å². The van der Waals surface area contributed by atoms with Gasteiger partial charge in [-0.3, -0.25) is 14.6 Å². The highest BCUT2D eigenvalue weighted by atomic mass is 16.2. The summed E-state index contributed by atoms with van der Waals surface area (Å²) in [5.41, 5.74) is 4.68. The predicted molar refractivity (Wildman–Crippen MR) is 99.9 cm³/mol. The zero-order valence-corrected chi connectivity index (χ0v) is 15.1. The summed E-state index contributed by atoms with van der Waals surface area (Å²) in [4.78, 5) is 14.8. The maximum absolute atomic E-state index is 12.9. The topological polar surface area (TPSA) is 66.8 Å².